The lowest BCUT2D eigenvalue weighted by atomic mass is 10.2. The van der Waals surface area contributed by atoms with Crippen molar-refractivity contribution in [1.29, 1.82) is 0 Å². The molecule has 2 aromatic rings. The van der Waals surface area contributed by atoms with Gasteiger partial charge in [0.25, 0.3) is 0 Å². The average molecular weight is 271 g/mol. The molecular formula is C15H21N5. The number of hydrogen-bond donors (Lipinski definition) is 0. The molecule has 0 saturated heterocycles. The van der Waals surface area contributed by atoms with Crippen LogP contribution in [0, 0.1) is 0 Å². The van der Waals surface area contributed by atoms with Crippen molar-refractivity contribution in [3.63, 3.8) is 0 Å². The molecule has 0 spiro atoms. The van der Waals surface area contributed by atoms with Gasteiger partial charge in [-0.05, 0) is 19.4 Å². The first-order valence-electron chi connectivity index (χ1n) is 6.94. The van der Waals surface area contributed by atoms with E-state index < -0.39 is 0 Å². The molecule has 1 aromatic heterocycles. The number of anilines is 2. The van der Waals surface area contributed by atoms with Crippen LogP contribution in [0.4, 0.5) is 11.8 Å². The summed E-state index contributed by atoms with van der Waals surface area (Å²) in [5.41, 5.74) is 1.25. The van der Waals surface area contributed by atoms with Gasteiger partial charge in [-0.15, -0.1) is 5.10 Å². The molecule has 1 aromatic carbocycles. The van der Waals surface area contributed by atoms with E-state index in [-0.39, 0.29) is 0 Å². The zero-order valence-corrected chi connectivity index (χ0v) is 12.3. The van der Waals surface area contributed by atoms with Crippen molar-refractivity contribution in [3.8, 4) is 0 Å². The molecule has 0 amide bonds. The predicted molar refractivity (Wildman–Crippen MR) is 81.9 cm³/mol. The molecule has 0 unspecified atom stereocenters. The first-order valence-corrected chi connectivity index (χ1v) is 6.94. The van der Waals surface area contributed by atoms with Crippen LogP contribution in [0.25, 0.3) is 0 Å². The van der Waals surface area contributed by atoms with Crippen molar-refractivity contribution in [3.05, 3.63) is 42.1 Å². The van der Waals surface area contributed by atoms with Crippen molar-refractivity contribution in [1.82, 2.24) is 15.2 Å². The van der Waals surface area contributed by atoms with E-state index >= 15 is 0 Å². The molecule has 20 heavy (non-hydrogen) atoms. The van der Waals surface area contributed by atoms with E-state index in [0.717, 1.165) is 25.5 Å². The van der Waals surface area contributed by atoms with Gasteiger partial charge in [-0.25, -0.2) is 0 Å². The highest BCUT2D eigenvalue weighted by Gasteiger charge is 2.10. The third-order valence-corrected chi connectivity index (χ3v) is 3.23. The average Bonchev–Trinajstić information content (AvgIpc) is 2.50. The quantitative estimate of drug-likeness (QED) is 0.807. The molecule has 1 heterocycles. The highest BCUT2D eigenvalue weighted by Crippen LogP contribution is 2.14. The van der Waals surface area contributed by atoms with Crippen LogP contribution in [0.3, 0.4) is 0 Å². The topological polar surface area (TPSA) is 45.2 Å². The summed E-state index contributed by atoms with van der Waals surface area (Å²) in [5.74, 6) is 1.53. The summed E-state index contributed by atoms with van der Waals surface area (Å²) in [7, 11) is 2.02. The summed E-state index contributed by atoms with van der Waals surface area (Å²) in [6.45, 7) is 6.74. The zero-order valence-electron chi connectivity index (χ0n) is 12.3. The zero-order chi connectivity index (χ0) is 14.4. The van der Waals surface area contributed by atoms with Gasteiger partial charge in [0.1, 0.15) is 0 Å². The van der Waals surface area contributed by atoms with Crippen LogP contribution in [0.5, 0.6) is 0 Å². The van der Waals surface area contributed by atoms with Gasteiger partial charge in [-0.3, -0.25) is 0 Å². The summed E-state index contributed by atoms with van der Waals surface area (Å²) < 4.78 is 0. The summed E-state index contributed by atoms with van der Waals surface area (Å²) in [4.78, 5) is 8.76. The minimum atomic E-state index is 0.687. The number of aromatic nitrogens is 3. The molecule has 106 valence electrons. The minimum Gasteiger partial charge on any atom is -0.354 e. The maximum atomic E-state index is 4.59. The van der Waals surface area contributed by atoms with E-state index in [2.05, 4.69) is 51.0 Å². The molecule has 0 radical (unpaired) electrons. The summed E-state index contributed by atoms with van der Waals surface area (Å²) in [5, 5.41) is 8.18. The third kappa shape index (κ3) is 3.44. The Kier molecular flexibility index (Phi) is 4.87. The minimum absolute atomic E-state index is 0.687. The lowest BCUT2D eigenvalue weighted by molar-refractivity contribution is 0.780. The van der Waals surface area contributed by atoms with Crippen LogP contribution >= 0.6 is 0 Å². The first-order chi connectivity index (χ1) is 9.74. The number of hydrogen-bond acceptors (Lipinski definition) is 5. The SMILES string of the molecule is CCN(CC)c1nncc(N(C)Cc2ccccc2)n1. The standard InChI is InChI=1S/C15H21N5/c1-4-20(5-2)15-17-14(11-16-18-15)19(3)12-13-9-7-6-8-10-13/h6-11H,4-5,12H2,1-3H3. The Morgan fingerprint density at radius 2 is 1.75 bits per heavy atom. The van der Waals surface area contributed by atoms with Crippen molar-refractivity contribution in [2.45, 2.75) is 20.4 Å². The van der Waals surface area contributed by atoms with Crippen LogP contribution in [0.2, 0.25) is 0 Å². The molecule has 5 heteroatoms. The first kappa shape index (κ1) is 14.2. The van der Waals surface area contributed by atoms with Gasteiger partial charge in [-0.1, -0.05) is 30.3 Å². The van der Waals surface area contributed by atoms with Gasteiger partial charge >= 0.3 is 0 Å². The van der Waals surface area contributed by atoms with Crippen molar-refractivity contribution < 1.29 is 0 Å². The largest absolute Gasteiger partial charge is 0.354 e. The van der Waals surface area contributed by atoms with Gasteiger partial charge in [0.15, 0.2) is 5.82 Å². The summed E-state index contributed by atoms with van der Waals surface area (Å²) >= 11 is 0. The van der Waals surface area contributed by atoms with Crippen LogP contribution < -0.4 is 9.80 Å². The van der Waals surface area contributed by atoms with Gasteiger partial charge in [0.2, 0.25) is 5.95 Å². The Morgan fingerprint density at radius 3 is 2.40 bits per heavy atom. The van der Waals surface area contributed by atoms with Gasteiger partial charge < -0.3 is 9.80 Å². The fourth-order valence-electron chi connectivity index (χ4n) is 2.05. The second-order valence-corrected chi connectivity index (χ2v) is 4.63. The number of benzene rings is 1. The smallest absolute Gasteiger partial charge is 0.247 e. The van der Waals surface area contributed by atoms with Crippen molar-refractivity contribution in [2.24, 2.45) is 0 Å². The van der Waals surface area contributed by atoms with Crippen molar-refractivity contribution in [2.75, 3.05) is 29.9 Å². The fourth-order valence-corrected chi connectivity index (χ4v) is 2.05. The third-order valence-electron chi connectivity index (χ3n) is 3.23. The highest BCUT2D eigenvalue weighted by molar-refractivity contribution is 5.41. The molecule has 0 aliphatic rings. The maximum absolute atomic E-state index is 4.59. The van der Waals surface area contributed by atoms with Crippen molar-refractivity contribution >= 4 is 11.8 Å². The van der Waals surface area contributed by atoms with Crippen LogP contribution in [0.1, 0.15) is 19.4 Å². The summed E-state index contributed by atoms with van der Waals surface area (Å²) in [6, 6.07) is 10.3. The molecule has 2 rings (SSSR count). The van der Waals surface area contributed by atoms with E-state index in [4.69, 9.17) is 0 Å². The highest BCUT2D eigenvalue weighted by atomic mass is 15.3. The second-order valence-electron chi connectivity index (χ2n) is 4.63. The van der Waals surface area contributed by atoms with E-state index in [9.17, 15) is 0 Å². The van der Waals surface area contributed by atoms with E-state index in [1.165, 1.54) is 5.56 Å². The molecule has 0 aliphatic carbocycles. The van der Waals surface area contributed by atoms with Crippen LogP contribution in [0.15, 0.2) is 36.5 Å². The second kappa shape index (κ2) is 6.84. The lowest BCUT2D eigenvalue weighted by Gasteiger charge is -2.21. The molecule has 5 nitrogen and oxygen atoms in total. The molecule has 0 saturated carbocycles. The Labute approximate surface area is 120 Å². The molecule has 0 fully saturated rings. The molecule has 0 N–H and O–H groups in total. The normalized spacial score (nSPS) is 10.3. The molecule has 0 atom stereocenters. The number of nitrogens with zero attached hydrogens (tertiary/aromatic N) is 5. The Balaban J connectivity index is 2.14. The van der Waals surface area contributed by atoms with Crippen LogP contribution in [-0.4, -0.2) is 35.3 Å². The van der Waals surface area contributed by atoms with Crippen LogP contribution in [-0.2, 0) is 6.54 Å². The van der Waals surface area contributed by atoms with Gasteiger partial charge in [0.05, 0.1) is 6.20 Å². The van der Waals surface area contributed by atoms with E-state index in [1.807, 2.05) is 25.2 Å². The Hall–Kier alpha value is -2.17. The fraction of sp³-hybridized carbons (Fsp3) is 0.400. The Morgan fingerprint density at radius 1 is 1.05 bits per heavy atom. The Bertz CT molecular complexity index is 525. The monoisotopic (exact) mass is 271 g/mol. The molecule has 0 aliphatic heterocycles. The van der Waals surface area contributed by atoms with Gasteiger partial charge in [0, 0.05) is 26.7 Å². The van der Waals surface area contributed by atoms with E-state index in [1.54, 1.807) is 6.20 Å². The lowest BCUT2D eigenvalue weighted by Crippen LogP contribution is -2.26. The summed E-state index contributed by atoms with van der Waals surface area (Å²) in [6.07, 6.45) is 1.70. The van der Waals surface area contributed by atoms with E-state index in [0.29, 0.717) is 5.95 Å². The molecular weight excluding hydrogens is 250 g/mol. The number of rotatable bonds is 6. The predicted octanol–water partition coefficient (Wildman–Crippen LogP) is 2.35. The molecule has 0 bridgehead atoms. The maximum Gasteiger partial charge on any atom is 0.247 e. The van der Waals surface area contributed by atoms with Gasteiger partial charge in [-0.2, -0.15) is 10.1 Å².